The lowest BCUT2D eigenvalue weighted by atomic mass is 10.1. The third kappa shape index (κ3) is 3.66. The van der Waals surface area contributed by atoms with Gasteiger partial charge in [-0.1, -0.05) is 28.9 Å². The Kier molecular flexibility index (Phi) is 5.43. The third-order valence-electron chi connectivity index (χ3n) is 5.93. The summed E-state index contributed by atoms with van der Waals surface area (Å²) in [4.78, 5) is 19.8. The molecule has 0 amide bonds. The van der Waals surface area contributed by atoms with Crippen LogP contribution < -0.4 is 10.3 Å². The fourth-order valence-corrected chi connectivity index (χ4v) is 4.46. The lowest BCUT2D eigenvalue weighted by Gasteiger charge is -2.29. The highest BCUT2D eigenvalue weighted by molar-refractivity contribution is 6.30. The summed E-state index contributed by atoms with van der Waals surface area (Å²) in [5, 5.41) is 4.85. The van der Waals surface area contributed by atoms with Crippen molar-refractivity contribution in [3.63, 3.8) is 0 Å². The van der Waals surface area contributed by atoms with Crippen LogP contribution in [0.5, 0.6) is 0 Å². The number of pyridine rings is 1. The summed E-state index contributed by atoms with van der Waals surface area (Å²) in [6.45, 7) is 4.23. The predicted octanol–water partition coefficient (Wildman–Crippen LogP) is 5.52. The van der Waals surface area contributed by atoms with E-state index in [1.807, 2.05) is 17.6 Å². The van der Waals surface area contributed by atoms with Gasteiger partial charge in [0, 0.05) is 41.8 Å². The zero-order valence-corrected chi connectivity index (χ0v) is 18.4. The van der Waals surface area contributed by atoms with E-state index in [2.05, 4.69) is 15.0 Å². The smallest absolute Gasteiger partial charge is 0.263 e. The minimum absolute atomic E-state index is 0.0922. The molecule has 4 aromatic rings. The Bertz CT molecular complexity index is 1360. The fourth-order valence-electron chi connectivity index (χ4n) is 4.27. The highest BCUT2D eigenvalue weighted by atomic mass is 35.5. The van der Waals surface area contributed by atoms with Crippen LogP contribution in [-0.2, 0) is 6.54 Å². The summed E-state index contributed by atoms with van der Waals surface area (Å²) in [5.74, 6) is 0.0349. The Balaban J connectivity index is 1.62. The van der Waals surface area contributed by atoms with E-state index in [1.54, 1.807) is 30.5 Å². The first kappa shape index (κ1) is 20.7. The largest absolute Gasteiger partial charge is 0.369 e. The number of piperidine rings is 1. The van der Waals surface area contributed by atoms with Crippen LogP contribution in [0.3, 0.4) is 0 Å². The second-order valence-electron chi connectivity index (χ2n) is 7.96. The van der Waals surface area contributed by atoms with Crippen molar-refractivity contribution in [1.82, 2.24) is 14.7 Å². The highest BCUT2D eigenvalue weighted by Gasteiger charge is 2.21. The Morgan fingerprint density at radius 1 is 1.16 bits per heavy atom. The van der Waals surface area contributed by atoms with Gasteiger partial charge < -0.3 is 14.0 Å². The van der Waals surface area contributed by atoms with Gasteiger partial charge in [-0.05, 0) is 50.5 Å². The van der Waals surface area contributed by atoms with Gasteiger partial charge >= 0.3 is 0 Å². The number of aryl methyl sites for hydroxylation is 1. The number of nitrogens with zero attached hydrogens (tertiary/aromatic N) is 4. The second kappa shape index (κ2) is 8.39. The van der Waals surface area contributed by atoms with Crippen LogP contribution in [0.2, 0.25) is 5.02 Å². The zero-order chi connectivity index (χ0) is 22.2. The molecule has 0 unspecified atom stereocenters. The topological polar surface area (TPSA) is 64.2 Å². The number of rotatable bonds is 4. The van der Waals surface area contributed by atoms with E-state index in [4.69, 9.17) is 16.1 Å². The quantitative estimate of drug-likeness (QED) is 0.408. The molecule has 8 heteroatoms. The molecule has 3 heterocycles. The van der Waals surface area contributed by atoms with E-state index in [0.717, 1.165) is 32.4 Å². The molecule has 2 aromatic heterocycles. The van der Waals surface area contributed by atoms with E-state index in [1.165, 1.54) is 6.07 Å². The first-order valence-corrected chi connectivity index (χ1v) is 11.1. The van der Waals surface area contributed by atoms with E-state index < -0.39 is 0 Å². The van der Waals surface area contributed by atoms with E-state index in [0.29, 0.717) is 39.5 Å². The van der Waals surface area contributed by atoms with Crippen molar-refractivity contribution in [2.75, 3.05) is 18.0 Å². The van der Waals surface area contributed by atoms with E-state index in [9.17, 15) is 4.79 Å². The molecule has 164 valence electrons. The van der Waals surface area contributed by atoms with Gasteiger partial charge in [-0.3, -0.25) is 4.79 Å². The molecule has 1 aliphatic heterocycles. The fraction of sp³-hybridized carbons (Fsp3) is 0.292. The summed E-state index contributed by atoms with van der Waals surface area (Å²) in [7, 11) is 0. The summed E-state index contributed by atoms with van der Waals surface area (Å²) in [5.41, 5.74) is 1.83. The SMILES string of the molecule is CCn1cc(-c2nc(-c3cccc(Cl)c3)no2)c(=O)c2cc(F)c(N3CCCCC3)cc21. The molecule has 2 aromatic carbocycles. The number of anilines is 1. The normalized spacial score (nSPS) is 14.3. The molecule has 0 radical (unpaired) electrons. The third-order valence-corrected chi connectivity index (χ3v) is 6.16. The van der Waals surface area contributed by atoms with Crippen LogP contribution in [0.1, 0.15) is 26.2 Å². The Morgan fingerprint density at radius 2 is 1.97 bits per heavy atom. The van der Waals surface area contributed by atoms with Crippen molar-refractivity contribution < 1.29 is 8.91 Å². The first-order chi connectivity index (χ1) is 15.5. The van der Waals surface area contributed by atoms with Crippen LogP contribution >= 0.6 is 11.6 Å². The predicted molar refractivity (Wildman–Crippen MR) is 124 cm³/mol. The minimum Gasteiger partial charge on any atom is -0.369 e. The molecule has 1 aliphatic rings. The van der Waals surface area contributed by atoms with Crippen LogP contribution in [0.25, 0.3) is 33.7 Å². The maximum Gasteiger partial charge on any atom is 0.263 e. The summed E-state index contributed by atoms with van der Waals surface area (Å²) < 4.78 is 22.4. The molecule has 1 saturated heterocycles. The average Bonchev–Trinajstić information content (AvgIpc) is 3.30. The molecule has 0 saturated carbocycles. The average molecular weight is 453 g/mol. The van der Waals surface area contributed by atoms with Crippen molar-refractivity contribution in [2.24, 2.45) is 0 Å². The molecule has 32 heavy (non-hydrogen) atoms. The van der Waals surface area contributed by atoms with Crippen molar-refractivity contribution in [1.29, 1.82) is 0 Å². The molecule has 1 fully saturated rings. The molecule has 0 spiro atoms. The molecular weight excluding hydrogens is 431 g/mol. The maximum atomic E-state index is 15.1. The van der Waals surface area contributed by atoms with Gasteiger partial charge in [-0.2, -0.15) is 4.98 Å². The summed E-state index contributed by atoms with van der Waals surface area (Å²) >= 11 is 6.05. The molecule has 5 rings (SSSR count). The summed E-state index contributed by atoms with van der Waals surface area (Å²) in [6.07, 6.45) is 4.96. The molecule has 0 atom stereocenters. The van der Waals surface area contributed by atoms with Crippen molar-refractivity contribution in [3.05, 3.63) is 63.7 Å². The molecule has 0 N–H and O–H groups in total. The Morgan fingerprint density at radius 3 is 2.72 bits per heavy atom. The van der Waals surface area contributed by atoms with Crippen molar-refractivity contribution >= 4 is 28.2 Å². The van der Waals surface area contributed by atoms with Crippen LogP contribution in [0.4, 0.5) is 10.1 Å². The highest BCUT2D eigenvalue weighted by Crippen LogP contribution is 2.29. The van der Waals surface area contributed by atoms with E-state index >= 15 is 4.39 Å². The van der Waals surface area contributed by atoms with Gasteiger partial charge in [-0.15, -0.1) is 0 Å². The zero-order valence-electron chi connectivity index (χ0n) is 17.6. The van der Waals surface area contributed by atoms with Gasteiger partial charge in [0.25, 0.3) is 5.89 Å². The second-order valence-corrected chi connectivity index (χ2v) is 8.40. The minimum atomic E-state index is -0.388. The number of hydrogen-bond acceptors (Lipinski definition) is 5. The van der Waals surface area contributed by atoms with Crippen LogP contribution in [0.15, 0.2) is 51.9 Å². The summed E-state index contributed by atoms with van der Waals surface area (Å²) in [6, 6.07) is 10.2. The van der Waals surface area contributed by atoms with Gasteiger partial charge in [0.1, 0.15) is 11.4 Å². The maximum absolute atomic E-state index is 15.1. The van der Waals surface area contributed by atoms with E-state index in [-0.39, 0.29) is 22.7 Å². The van der Waals surface area contributed by atoms with Crippen LogP contribution in [0, 0.1) is 5.82 Å². The molecule has 6 nitrogen and oxygen atoms in total. The number of fused-ring (bicyclic) bond motifs is 1. The number of benzene rings is 2. The Labute approximate surface area is 189 Å². The van der Waals surface area contributed by atoms with Gasteiger partial charge in [-0.25, -0.2) is 4.39 Å². The number of halogens is 2. The van der Waals surface area contributed by atoms with Gasteiger partial charge in [0.05, 0.1) is 11.2 Å². The van der Waals surface area contributed by atoms with Crippen LogP contribution in [-0.4, -0.2) is 27.8 Å². The number of aromatic nitrogens is 3. The lowest BCUT2D eigenvalue weighted by Crippen LogP contribution is -2.30. The van der Waals surface area contributed by atoms with Gasteiger partial charge in [0.2, 0.25) is 11.3 Å². The monoisotopic (exact) mass is 452 g/mol. The molecule has 0 aliphatic carbocycles. The van der Waals surface area contributed by atoms with Gasteiger partial charge in [0.15, 0.2) is 0 Å². The molecule has 0 bridgehead atoms. The standard InChI is InChI=1S/C24H22ClFN4O2/c1-2-29-14-18(24-27-23(28-32-24)15-7-6-8-16(25)11-15)22(31)17-12-19(26)21(13-20(17)29)30-9-4-3-5-10-30/h6-8,11-14H,2-5,9-10H2,1H3. The van der Waals surface area contributed by atoms with Crippen molar-refractivity contribution in [2.45, 2.75) is 32.7 Å². The number of hydrogen-bond donors (Lipinski definition) is 0. The lowest BCUT2D eigenvalue weighted by molar-refractivity contribution is 0.431. The van der Waals surface area contributed by atoms with Crippen molar-refractivity contribution in [3.8, 4) is 22.8 Å². The Hall–Kier alpha value is -3.19. The first-order valence-electron chi connectivity index (χ1n) is 10.8. The molecular formula is C24H22ClFN4O2.